The predicted molar refractivity (Wildman–Crippen MR) is 123 cm³/mol. The highest BCUT2D eigenvalue weighted by Gasteiger charge is 2.58. The second-order valence-electron chi connectivity index (χ2n) is 8.63. The predicted octanol–water partition coefficient (Wildman–Crippen LogP) is 4.03. The van der Waals surface area contributed by atoms with Crippen LogP contribution >= 0.6 is 0 Å². The second-order valence-corrected chi connectivity index (χ2v) is 8.63. The molecule has 7 heteroatoms. The van der Waals surface area contributed by atoms with Crippen molar-refractivity contribution < 1.29 is 28.5 Å². The minimum Gasteiger partial charge on any atom is -0.373 e. The normalized spacial score (nSPS) is 27.8. The molecule has 0 aromatic heterocycles. The molecule has 1 aliphatic heterocycles. The third-order valence-electron chi connectivity index (χ3n) is 6.02. The fraction of sp³-hybridized carbons (Fsp3) is 0.840. The Bertz CT molecular complexity index is 547. The Morgan fingerprint density at radius 3 is 1.22 bits per heavy atom. The zero-order valence-electron chi connectivity index (χ0n) is 20.4. The van der Waals surface area contributed by atoms with E-state index < -0.39 is 30.5 Å². The first kappa shape index (κ1) is 27.0. The van der Waals surface area contributed by atoms with Gasteiger partial charge in [-0.05, 0) is 25.7 Å². The van der Waals surface area contributed by atoms with Gasteiger partial charge in [0.05, 0.1) is 6.04 Å². The van der Waals surface area contributed by atoms with Gasteiger partial charge in [0.2, 0.25) is 0 Å². The van der Waals surface area contributed by atoms with E-state index in [0.717, 1.165) is 51.4 Å². The smallest absolute Gasteiger partial charge is 0.254 e. The largest absolute Gasteiger partial charge is 0.373 e. The van der Waals surface area contributed by atoms with Gasteiger partial charge in [-0.25, -0.2) is 0 Å². The number of hydrogen-bond acceptors (Lipinski definition) is 6. The molecule has 4 atom stereocenters. The van der Waals surface area contributed by atoms with Gasteiger partial charge in [0.15, 0.2) is 0 Å². The van der Waals surface area contributed by atoms with Crippen molar-refractivity contribution in [3.8, 4) is 0 Å². The molecule has 0 bridgehead atoms. The lowest BCUT2D eigenvalue weighted by Gasteiger charge is -2.32. The van der Waals surface area contributed by atoms with Crippen LogP contribution in [0.3, 0.4) is 0 Å². The van der Waals surface area contributed by atoms with Crippen LogP contribution in [-0.2, 0) is 28.5 Å². The molecule has 1 aliphatic carbocycles. The Hall–Kier alpha value is -1.28. The maximum atomic E-state index is 12.7. The number of carbonyl (C=O) groups is 2. The number of hydrogen-bond donors (Lipinski definition) is 0. The lowest BCUT2D eigenvalue weighted by molar-refractivity contribution is -0.149. The molecule has 0 N–H and O–H groups in total. The fourth-order valence-corrected chi connectivity index (χ4v) is 4.17. The highest BCUT2D eigenvalue weighted by Crippen LogP contribution is 2.36. The van der Waals surface area contributed by atoms with E-state index in [2.05, 4.69) is 27.7 Å². The Kier molecular flexibility index (Phi) is 12.5. The minimum atomic E-state index is -0.572. The van der Waals surface area contributed by atoms with Gasteiger partial charge in [-0.3, -0.25) is 14.5 Å². The van der Waals surface area contributed by atoms with Gasteiger partial charge in [-0.15, -0.1) is 0 Å². The highest BCUT2D eigenvalue weighted by molar-refractivity contribution is 6.13. The third kappa shape index (κ3) is 7.11. The molecule has 0 aromatic rings. The summed E-state index contributed by atoms with van der Waals surface area (Å²) in [4.78, 5) is 26.7. The third-order valence-corrected chi connectivity index (χ3v) is 6.02. The molecular formula is C25H43NO6. The summed E-state index contributed by atoms with van der Waals surface area (Å²) in [7, 11) is 0. The van der Waals surface area contributed by atoms with Crippen LogP contribution in [0.15, 0.2) is 12.2 Å². The first-order chi connectivity index (χ1) is 15.6. The van der Waals surface area contributed by atoms with E-state index in [-0.39, 0.29) is 11.8 Å². The van der Waals surface area contributed by atoms with Crippen LogP contribution in [0.2, 0.25) is 0 Å². The monoisotopic (exact) mass is 453 g/mol. The number of amides is 2. The maximum Gasteiger partial charge on any atom is 0.254 e. The van der Waals surface area contributed by atoms with Gasteiger partial charge in [0.1, 0.15) is 24.4 Å². The molecule has 0 radical (unpaired) electrons. The van der Waals surface area contributed by atoms with Crippen LogP contribution in [0.4, 0.5) is 0 Å². The zero-order chi connectivity index (χ0) is 23.3. The van der Waals surface area contributed by atoms with Crippen molar-refractivity contribution in [2.45, 2.75) is 110 Å². The lowest BCUT2D eigenvalue weighted by atomic mass is 10.1. The van der Waals surface area contributed by atoms with Crippen LogP contribution < -0.4 is 0 Å². The van der Waals surface area contributed by atoms with Crippen LogP contribution in [0, 0.1) is 0 Å². The molecule has 2 aliphatic rings. The molecule has 7 nitrogen and oxygen atoms in total. The first-order valence-corrected chi connectivity index (χ1v) is 12.6. The van der Waals surface area contributed by atoms with Crippen molar-refractivity contribution in [2.24, 2.45) is 0 Å². The second kappa shape index (κ2) is 14.8. The summed E-state index contributed by atoms with van der Waals surface area (Å²) in [6, 6.07) is -0.572. The van der Waals surface area contributed by atoms with Gasteiger partial charge in [0, 0.05) is 38.6 Å². The number of rotatable bonds is 17. The molecule has 0 saturated heterocycles. The van der Waals surface area contributed by atoms with Crippen LogP contribution in [-0.4, -0.2) is 73.6 Å². The lowest BCUT2D eigenvalue weighted by Crippen LogP contribution is -2.53. The molecule has 1 fully saturated rings. The van der Waals surface area contributed by atoms with Crippen molar-refractivity contribution in [3.05, 3.63) is 12.2 Å². The molecule has 2 amide bonds. The van der Waals surface area contributed by atoms with E-state index >= 15 is 0 Å². The van der Waals surface area contributed by atoms with E-state index in [9.17, 15) is 9.59 Å². The number of ether oxygens (including phenoxy) is 4. The Morgan fingerprint density at radius 1 is 0.594 bits per heavy atom. The van der Waals surface area contributed by atoms with E-state index in [1.165, 1.54) is 17.1 Å². The van der Waals surface area contributed by atoms with E-state index in [1.54, 1.807) is 0 Å². The number of unbranched alkanes of at least 4 members (excludes halogenated alkanes) is 4. The SMILES string of the molecule is CCCCO[C@@H]1[C@@H](OCCCC)[C@@H](OCCCC)C(N2C(=O)C=CC2=O)[C@@H]1OCCCC. The number of carbonyl (C=O) groups excluding carboxylic acids is 2. The van der Waals surface area contributed by atoms with Crippen molar-refractivity contribution >= 4 is 11.8 Å². The Balaban J connectivity index is 2.37. The fourth-order valence-electron chi connectivity index (χ4n) is 4.17. The molecule has 0 unspecified atom stereocenters. The average molecular weight is 454 g/mol. The Morgan fingerprint density at radius 2 is 0.906 bits per heavy atom. The molecule has 184 valence electrons. The number of imide groups is 1. The van der Waals surface area contributed by atoms with E-state index in [1.807, 2.05) is 0 Å². The molecule has 1 heterocycles. The highest BCUT2D eigenvalue weighted by atomic mass is 16.6. The van der Waals surface area contributed by atoms with Crippen LogP contribution in [0.1, 0.15) is 79.1 Å². The molecule has 1 saturated carbocycles. The van der Waals surface area contributed by atoms with Crippen molar-refractivity contribution in [1.82, 2.24) is 4.90 Å². The summed E-state index contributed by atoms with van der Waals surface area (Å²) >= 11 is 0. The van der Waals surface area contributed by atoms with E-state index in [4.69, 9.17) is 18.9 Å². The molecule has 2 rings (SSSR count). The summed E-state index contributed by atoms with van der Waals surface area (Å²) in [5, 5.41) is 0. The maximum absolute atomic E-state index is 12.7. The standard InChI is InChI=1S/C25H43NO6/c1-5-9-15-29-22-21(26-19(27)13-14-20(26)28)23(30-16-10-6-2)25(32-18-12-8-4)24(22)31-17-11-7-3/h13-14,21-25H,5-12,15-18H2,1-4H3/t22-,23-,24-,25-/m0/s1. The van der Waals surface area contributed by atoms with Crippen LogP contribution in [0.25, 0.3) is 0 Å². The quantitative estimate of drug-likeness (QED) is 0.244. The molecule has 0 aromatic carbocycles. The van der Waals surface area contributed by atoms with Gasteiger partial charge >= 0.3 is 0 Å². The molecule has 0 spiro atoms. The summed E-state index contributed by atoms with van der Waals surface area (Å²) in [6.45, 7) is 10.7. The van der Waals surface area contributed by atoms with Crippen molar-refractivity contribution in [2.75, 3.05) is 26.4 Å². The number of nitrogens with zero attached hydrogens (tertiary/aromatic N) is 1. The summed E-state index contributed by atoms with van der Waals surface area (Å²) in [5.41, 5.74) is 0. The first-order valence-electron chi connectivity index (χ1n) is 12.6. The zero-order valence-corrected chi connectivity index (χ0v) is 20.4. The summed E-state index contributed by atoms with van der Waals surface area (Å²) < 4.78 is 25.3. The van der Waals surface area contributed by atoms with Crippen molar-refractivity contribution in [3.63, 3.8) is 0 Å². The molecular weight excluding hydrogens is 410 g/mol. The van der Waals surface area contributed by atoms with Gasteiger partial charge < -0.3 is 18.9 Å². The Labute approximate surface area is 193 Å². The summed E-state index contributed by atoms with van der Waals surface area (Å²) in [5.74, 6) is -0.649. The van der Waals surface area contributed by atoms with Crippen LogP contribution in [0.5, 0.6) is 0 Å². The van der Waals surface area contributed by atoms with Crippen molar-refractivity contribution in [1.29, 1.82) is 0 Å². The van der Waals surface area contributed by atoms with Gasteiger partial charge in [-0.2, -0.15) is 0 Å². The van der Waals surface area contributed by atoms with Gasteiger partial charge in [-0.1, -0.05) is 53.4 Å². The van der Waals surface area contributed by atoms with E-state index in [0.29, 0.717) is 26.4 Å². The summed E-state index contributed by atoms with van der Waals surface area (Å²) in [6.07, 6.45) is 8.56. The van der Waals surface area contributed by atoms with Gasteiger partial charge in [0.25, 0.3) is 11.8 Å². The molecule has 32 heavy (non-hydrogen) atoms. The topological polar surface area (TPSA) is 74.3 Å². The average Bonchev–Trinajstić information content (AvgIpc) is 3.25. The minimum absolute atomic E-state index is 0.324.